The summed E-state index contributed by atoms with van der Waals surface area (Å²) in [4.78, 5) is 51.4. The van der Waals surface area contributed by atoms with E-state index in [0.717, 1.165) is 17.5 Å². The van der Waals surface area contributed by atoms with Crippen molar-refractivity contribution in [3.63, 3.8) is 0 Å². The number of amides is 1. The second kappa shape index (κ2) is 18.7. The fourth-order valence-electron chi connectivity index (χ4n) is 4.62. The van der Waals surface area contributed by atoms with Crippen molar-refractivity contribution in [1.29, 1.82) is 0 Å². The Labute approximate surface area is 242 Å². The number of hydrogen-bond acceptors (Lipinski definition) is 8. The number of unbranched alkanes of at least 4 members (excludes halogenated alkanes) is 1. The molecule has 0 unspecified atom stereocenters. The number of alkyl carbamates (subject to hydrolysis) is 1. The molecule has 0 radical (unpaired) electrons. The molecular formula is C32H43NO8. The maximum Gasteiger partial charge on any atom is 0.407 e. The van der Waals surface area contributed by atoms with Crippen LogP contribution in [-0.4, -0.2) is 56.6 Å². The van der Waals surface area contributed by atoms with Crippen LogP contribution in [0.25, 0.3) is 0 Å². The van der Waals surface area contributed by atoms with Crippen LogP contribution >= 0.6 is 0 Å². The van der Waals surface area contributed by atoms with Crippen molar-refractivity contribution < 1.29 is 38.1 Å². The van der Waals surface area contributed by atoms with Crippen molar-refractivity contribution in [2.75, 3.05) is 20.8 Å². The molecule has 4 atom stereocenters. The molecule has 0 aromatic heterocycles. The Hall–Kier alpha value is -3.56. The highest BCUT2D eigenvalue weighted by molar-refractivity contribution is 5.97. The van der Waals surface area contributed by atoms with E-state index in [-0.39, 0.29) is 25.4 Å². The van der Waals surface area contributed by atoms with Crippen molar-refractivity contribution in [2.45, 2.75) is 71.3 Å². The number of benzene rings is 2. The van der Waals surface area contributed by atoms with Crippen LogP contribution in [0, 0.1) is 11.8 Å². The molecule has 0 saturated carbocycles. The van der Waals surface area contributed by atoms with Crippen LogP contribution in [0.5, 0.6) is 0 Å². The van der Waals surface area contributed by atoms with Gasteiger partial charge < -0.3 is 24.3 Å². The summed E-state index contributed by atoms with van der Waals surface area (Å²) in [7, 11) is 2.43. The third-order valence-electron chi connectivity index (χ3n) is 6.84. The van der Waals surface area contributed by atoms with Crippen molar-refractivity contribution >= 4 is 23.6 Å². The van der Waals surface area contributed by atoms with E-state index in [1.165, 1.54) is 14.2 Å². The summed E-state index contributed by atoms with van der Waals surface area (Å²) in [6, 6.07) is 18.2. The third kappa shape index (κ3) is 12.2. The van der Waals surface area contributed by atoms with E-state index in [4.69, 9.17) is 18.9 Å². The minimum absolute atomic E-state index is 0.0189. The molecule has 224 valence electrons. The first kappa shape index (κ1) is 33.6. The number of Topliss-reactive ketones (excluding diaryl/α,β-unsaturated/α-hetero) is 2. The molecule has 9 nitrogen and oxygen atoms in total. The quantitative estimate of drug-likeness (QED) is 0.185. The van der Waals surface area contributed by atoms with Crippen molar-refractivity contribution in [1.82, 2.24) is 5.32 Å². The van der Waals surface area contributed by atoms with Gasteiger partial charge in [-0.25, -0.2) is 4.79 Å². The van der Waals surface area contributed by atoms with Gasteiger partial charge in [0.2, 0.25) is 0 Å². The number of ether oxygens (including phenoxy) is 4. The Kier molecular flexibility index (Phi) is 15.4. The first-order valence-corrected chi connectivity index (χ1v) is 14.0. The van der Waals surface area contributed by atoms with Crippen molar-refractivity contribution in [3.05, 3.63) is 71.8 Å². The fourth-order valence-corrected chi connectivity index (χ4v) is 4.62. The maximum absolute atomic E-state index is 13.5. The van der Waals surface area contributed by atoms with E-state index in [2.05, 4.69) is 5.32 Å². The molecule has 0 fully saturated rings. The SMILES string of the molecule is CCCCC(=O)[C@H](C[C@H](NC(=O)OC)[C@H](C(=O)CC(=O)OC)[C@H](C)COCc1ccccc1)OCc1ccccc1. The number of rotatable bonds is 19. The van der Waals surface area contributed by atoms with Gasteiger partial charge in [0, 0.05) is 24.8 Å². The predicted octanol–water partition coefficient (Wildman–Crippen LogP) is 5.05. The van der Waals surface area contributed by atoms with Crippen LogP contribution in [0.4, 0.5) is 4.79 Å². The standard InChI is InChI=1S/C32H43NO8/c1-5-6-17-27(34)29(41-22-25-15-11-8-12-16-25)18-26(33-32(37)39-4)31(28(35)19-30(36)38-3)23(2)20-40-21-24-13-9-7-10-14-24/h7-16,23,26,29,31H,5-6,17-22H2,1-4H3,(H,33,37)/t23-,26+,29+,31-/m1/s1. The summed E-state index contributed by atoms with van der Waals surface area (Å²) in [5, 5.41) is 2.75. The number of ketones is 2. The summed E-state index contributed by atoms with van der Waals surface area (Å²) in [5.41, 5.74) is 1.86. The Balaban J connectivity index is 2.33. The molecule has 0 heterocycles. The van der Waals surface area contributed by atoms with Crippen LogP contribution in [0.3, 0.4) is 0 Å². The van der Waals surface area contributed by atoms with E-state index >= 15 is 0 Å². The smallest absolute Gasteiger partial charge is 0.407 e. The van der Waals surface area contributed by atoms with Crippen LogP contribution < -0.4 is 5.32 Å². The molecule has 0 saturated heterocycles. The van der Waals surface area contributed by atoms with Crippen LogP contribution in [0.15, 0.2) is 60.7 Å². The molecule has 0 aliphatic carbocycles. The summed E-state index contributed by atoms with van der Waals surface area (Å²) < 4.78 is 21.6. The minimum Gasteiger partial charge on any atom is -0.469 e. The molecule has 1 N–H and O–H groups in total. The summed E-state index contributed by atoms with van der Waals surface area (Å²) in [6.07, 6.45) is -0.295. The zero-order valence-corrected chi connectivity index (χ0v) is 24.5. The second-order valence-electron chi connectivity index (χ2n) is 10.1. The highest BCUT2D eigenvalue weighted by Gasteiger charge is 2.38. The van der Waals surface area contributed by atoms with Gasteiger partial charge in [-0.1, -0.05) is 80.9 Å². The number of carbonyl (C=O) groups is 4. The lowest BCUT2D eigenvalue weighted by Crippen LogP contribution is -2.50. The zero-order chi connectivity index (χ0) is 30.0. The van der Waals surface area contributed by atoms with Gasteiger partial charge in [0.15, 0.2) is 5.78 Å². The highest BCUT2D eigenvalue weighted by atomic mass is 16.5. The van der Waals surface area contributed by atoms with Gasteiger partial charge >= 0.3 is 12.1 Å². The van der Waals surface area contributed by atoms with E-state index in [9.17, 15) is 19.2 Å². The van der Waals surface area contributed by atoms with Crippen LogP contribution in [0.1, 0.15) is 57.1 Å². The Bertz CT molecular complexity index is 1080. The predicted molar refractivity (Wildman–Crippen MR) is 154 cm³/mol. The highest BCUT2D eigenvalue weighted by Crippen LogP contribution is 2.26. The molecule has 0 aliphatic heterocycles. The van der Waals surface area contributed by atoms with E-state index in [0.29, 0.717) is 19.4 Å². The van der Waals surface area contributed by atoms with Gasteiger partial charge in [-0.3, -0.25) is 14.4 Å². The average molecular weight is 570 g/mol. The Morgan fingerprint density at radius 1 is 0.829 bits per heavy atom. The fraction of sp³-hybridized carbons (Fsp3) is 0.500. The summed E-state index contributed by atoms with van der Waals surface area (Å²) in [5.74, 6) is -2.56. The Morgan fingerprint density at radius 2 is 1.44 bits per heavy atom. The lowest BCUT2D eigenvalue weighted by atomic mass is 9.80. The molecule has 0 aliphatic rings. The average Bonchev–Trinajstić information content (AvgIpc) is 2.98. The third-order valence-corrected chi connectivity index (χ3v) is 6.84. The van der Waals surface area contributed by atoms with E-state index in [1.807, 2.05) is 74.5 Å². The van der Waals surface area contributed by atoms with Crippen molar-refractivity contribution in [2.24, 2.45) is 11.8 Å². The summed E-state index contributed by atoms with van der Waals surface area (Å²) >= 11 is 0. The van der Waals surface area contributed by atoms with Gasteiger partial charge in [-0.15, -0.1) is 0 Å². The lowest BCUT2D eigenvalue weighted by Gasteiger charge is -2.33. The number of methoxy groups -OCH3 is 2. The van der Waals surface area contributed by atoms with E-state index < -0.39 is 48.2 Å². The van der Waals surface area contributed by atoms with Gasteiger partial charge in [0.25, 0.3) is 0 Å². The molecule has 41 heavy (non-hydrogen) atoms. The van der Waals surface area contributed by atoms with E-state index in [1.54, 1.807) is 0 Å². The monoisotopic (exact) mass is 569 g/mol. The molecule has 2 aromatic carbocycles. The molecule has 0 spiro atoms. The number of nitrogens with one attached hydrogen (secondary N) is 1. The number of hydrogen-bond donors (Lipinski definition) is 1. The first-order chi connectivity index (χ1) is 19.8. The van der Waals surface area contributed by atoms with Gasteiger partial charge in [-0.05, 0) is 23.5 Å². The van der Waals surface area contributed by atoms with Crippen LogP contribution in [0.2, 0.25) is 0 Å². The second-order valence-corrected chi connectivity index (χ2v) is 10.1. The Morgan fingerprint density at radius 3 is 2.00 bits per heavy atom. The molecular weight excluding hydrogens is 526 g/mol. The lowest BCUT2D eigenvalue weighted by molar-refractivity contribution is -0.145. The molecule has 9 heteroatoms. The zero-order valence-electron chi connectivity index (χ0n) is 24.5. The molecule has 0 bridgehead atoms. The van der Waals surface area contributed by atoms with Crippen molar-refractivity contribution in [3.8, 4) is 0 Å². The number of esters is 1. The molecule has 2 aromatic rings. The minimum atomic E-state index is -0.894. The van der Waals surface area contributed by atoms with Gasteiger partial charge in [0.05, 0.1) is 34.0 Å². The molecule has 1 amide bonds. The number of carbonyl (C=O) groups excluding carboxylic acids is 4. The van der Waals surface area contributed by atoms with Gasteiger partial charge in [-0.2, -0.15) is 0 Å². The maximum atomic E-state index is 13.5. The van der Waals surface area contributed by atoms with Gasteiger partial charge in [0.1, 0.15) is 18.3 Å². The van der Waals surface area contributed by atoms with Crippen LogP contribution in [-0.2, 0) is 46.5 Å². The topological polar surface area (TPSA) is 117 Å². The largest absolute Gasteiger partial charge is 0.469 e. The normalized spacial score (nSPS) is 13.9. The first-order valence-electron chi connectivity index (χ1n) is 14.0. The summed E-state index contributed by atoms with van der Waals surface area (Å²) in [6.45, 7) is 4.50. The molecule has 2 rings (SSSR count).